The smallest absolute Gasteiger partial charge is 0.0701 e. The van der Waals surface area contributed by atoms with Gasteiger partial charge in [0.25, 0.3) is 0 Å². The molecular weight excluding hydrogens is 360 g/mol. The Morgan fingerprint density at radius 3 is 0.556 bits per heavy atom. The zero-order valence-corrected chi connectivity index (χ0v) is 17.6. The Morgan fingerprint density at radius 1 is 0.259 bits per heavy atom. The first-order valence-corrected chi connectivity index (χ1v) is 9.17. The van der Waals surface area contributed by atoms with E-state index < -0.39 is 0 Å². The summed E-state index contributed by atoms with van der Waals surface area (Å²) < 4.78 is 45.3. The first kappa shape index (κ1) is 28.8. The molecule has 0 aliphatic heterocycles. The van der Waals surface area contributed by atoms with Crippen LogP contribution in [0.3, 0.4) is 0 Å². The molecule has 0 atom stereocenters. The zero-order chi connectivity index (χ0) is 20.3. The molecule has 0 aromatic rings. The van der Waals surface area contributed by atoms with Gasteiger partial charge >= 0.3 is 0 Å². The van der Waals surface area contributed by atoms with Crippen molar-refractivity contribution in [1.82, 2.24) is 0 Å². The van der Waals surface area contributed by atoms with Crippen LogP contribution in [0.1, 0.15) is 0 Å². The van der Waals surface area contributed by atoms with Crippen LogP contribution in [0, 0.1) is 0 Å². The molecule has 0 aromatic carbocycles. The van der Waals surface area contributed by atoms with Gasteiger partial charge in [-0.2, -0.15) is 0 Å². The summed E-state index contributed by atoms with van der Waals surface area (Å²) in [6, 6.07) is 0. The van der Waals surface area contributed by atoms with Gasteiger partial charge in [0.15, 0.2) is 0 Å². The Balaban J connectivity index is 0. The maximum atomic E-state index is 5.26. The van der Waals surface area contributed by atoms with Crippen LogP contribution in [-0.2, 0) is 42.6 Å². The van der Waals surface area contributed by atoms with E-state index in [1.807, 2.05) is 0 Å². The fourth-order valence-electron chi connectivity index (χ4n) is 1.43. The molecule has 0 saturated carbocycles. The van der Waals surface area contributed by atoms with Crippen LogP contribution < -0.4 is 0 Å². The molecule has 0 radical (unpaired) electrons. The molecule has 0 unspecified atom stereocenters. The maximum Gasteiger partial charge on any atom is 0.0701 e. The quantitative estimate of drug-likeness (QED) is 0.258. The van der Waals surface area contributed by atoms with Gasteiger partial charge in [0, 0.05) is 28.4 Å². The van der Waals surface area contributed by atoms with Gasteiger partial charge in [-0.05, 0) is 0 Å². The zero-order valence-electron chi connectivity index (χ0n) is 17.6. The monoisotopic (exact) mass is 400 g/mol. The third-order valence-electron chi connectivity index (χ3n) is 2.84. The highest BCUT2D eigenvalue weighted by Gasteiger charge is 1.91. The van der Waals surface area contributed by atoms with E-state index in [9.17, 15) is 0 Å². The third kappa shape index (κ3) is 33.6. The predicted octanol–water partition coefficient (Wildman–Crippen LogP) is 0.641. The summed E-state index contributed by atoms with van der Waals surface area (Å²) in [7, 11) is 6.60. The molecule has 166 valence electrons. The van der Waals surface area contributed by atoms with E-state index in [2.05, 4.69) is 0 Å². The van der Waals surface area contributed by atoms with E-state index >= 15 is 0 Å². The van der Waals surface area contributed by atoms with Crippen molar-refractivity contribution in [1.29, 1.82) is 0 Å². The van der Waals surface area contributed by atoms with Gasteiger partial charge in [0.2, 0.25) is 0 Å². The van der Waals surface area contributed by atoms with Gasteiger partial charge in [-0.15, -0.1) is 0 Å². The Hall–Kier alpha value is -0.360. The minimum Gasteiger partial charge on any atom is -0.382 e. The van der Waals surface area contributed by atoms with Gasteiger partial charge in [0.05, 0.1) is 92.5 Å². The number of rotatable bonds is 21. The molecule has 9 heteroatoms. The SMILES string of the molecule is COCCOCCOCCOC.COCCOCCOCCOCCOC. The molecule has 0 saturated heterocycles. The van der Waals surface area contributed by atoms with Crippen LogP contribution in [0.5, 0.6) is 0 Å². The predicted molar refractivity (Wildman–Crippen MR) is 102 cm³/mol. The van der Waals surface area contributed by atoms with Crippen molar-refractivity contribution in [3.05, 3.63) is 0 Å². The van der Waals surface area contributed by atoms with E-state index in [-0.39, 0.29) is 0 Å². The van der Waals surface area contributed by atoms with Crippen molar-refractivity contribution in [2.75, 3.05) is 121 Å². The first-order valence-electron chi connectivity index (χ1n) is 9.17. The summed E-state index contributed by atoms with van der Waals surface area (Å²) in [6.07, 6.45) is 0. The van der Waals surface area contributed by atoms with E-state index in [1.54, 1.807) is 28.4 Å². The normalized spacial score (nSPS) is 10.7. The number of hydrogen-bond donors (Lipinski definition) is 0. The molecule has 0 heterocycles. The van der Waals surface area contributed by atoms with E-state index in [0.29, 0.717) is 92.5 Å². The Labute approximate surface area is 164 Å². The molecule has 0 aliphatic carbocycles. The van der Waals surface area contributed by atoms with E-state index in [0.717, 1.165) is 0 Å². The molecule has 0 spiro atoms. The number of methoxy groups -OCH3 is 4. The van der Waals surface area contributed by atoms with Gasteiger partial charge in [0.1, 0.15) is 0 Å². The summed E-state index contributed by atoms with van der Waals surface area (Å²) in [4.78, 5) is 0. The third-order valence-corrected chi connectivity index (χ3v) is 2.84. The average molecular weight is 401 g/mol. The highest BCUT2D eigenvalue weighted by atomic mass is 16.6. The number of hydrogen-bond acceptors (Lipinski definition) is 9. The largest absolute Gasteiger partial charge is 0.382 e. The molecule has 27 heavy (non-hydrogen) atoms. The lowest BCUT2D eigenvalue weighted by atomic mass is 10.7. The van der Waals surface area contributed by atoms with Crippen LogP contribution >= 0.6 is 0 Å². The molecule has 0 aliphatic rings. The highest BCUT2D eigenvalue weighted by Crippen LogP contribution is 1.82. The van der Waals surface area contributed by atoms with Crippen LogP contribution in [0.25, 0.3) is 0 Å². The maximum absolute atomic E-state index is 5.26. The van der Waals surface area contributed by atoms with Crippen LogP contribution in [0.4, 0.5) is 0 Å². The lowest BCUT2D eigenvalue weighted by molar-refractivity contribution is -0.00380. The molecule has 0 bridgehead atoms. The van der Waals surface area contributed by atoms with Crippen LogP contribution in [0.15, 0.2) is 0 Å². The standard InChI is InChI=1S/C10H22O5.C8H18O4/c1-11-3-5-13-7-9-15-10-8-14-6-4-12-2;1-9-3-5-11-7-8-12-6-4-10-2/h3-10H2,1-2H3;3-8H2,1-2H3. The Kier molecular flexibility index (Phi) is 32.4. The molecule has 0 rings (SSSR count). The fraction of sp³-hybridized carbons (Fsp3) is 1.00. The molecule has 0 fully saturated rings. The summed E-state index contributed by atoms with van der Waals surface area (Å²) in [5, 5.41) is 0. The van der Waals surface area contributed by atoms with Crippen molar-refractivity contribution in [2.45, 2.75) is 0 Å². The van der Waals surface area contributed by atoms with Gasteiger partial charge in [-0.25, -0.2) is 0 Å². The van der Waals surface area contributed by atoms with E-state index in [1.165, 1.54) is 0 Å². The van der Waals surface area contributed by atoms with Crippen molar-refractivity contribution < 1.29 is 42.6 Å². The molecule has 9 nitrogen and oxygen atoms in total. The topological polar surface area (TPSA) is 83.1 Å². The van der Waals surface area contributed by atoms with Gasteiger partial charge < -0.3 is 42.6 Å². The Morgan fingerprint density at radius 2 is 0.407 bits per heavy atom. The fourth-order valence-corrected chi connectivity index (χ4v) is 1.43. The molecular formula is C18H40O9. The molecule has 0 aromatic heterocycles. The minimum absolute atomic E-state index is 0.595. The van der Waals surface area contributed by atoms with Crippen molar-refractivity contribution in [3.63, 3.8) is 0 Å². The van der Waals surface area contributed by atoms with Crippen molar-refractivity contribution in [3.8, 4) is 0 Å². The van der Waals surface area contributed by atoms with Crippen molar-refractivity contribution in [2.24, 2.45) is 0 Å². The van der Waals surface area contributed by atoms with Gasteiger partial charge in [-0.1, -0.05) is 0 Å². The van der Waals surface area contributed by atoms with Crippen LogP contribution in [-0.4, -0.2) is 121 Å². The second-order valence-electron chi connectivity index (χ2n) is 5.03. The summed E-state index contributed by atoms with van der Waals surface area (Å²) in [5.74, 6) is 0. The lowest BCUT2D eigenvalue weighted by Gasteiger charge is -2.06. The first-order chi connectivity index (χ1) is 13.3. The lowest BCUT2D eigenvalue weighted by Crippen LogP contribution is -2.12. The minimum atomic E-state index is 0.595. The highest BCUT2D eigenvalue weighted by molar-refractivity contribution is 4.34. The van der Waals surface area contributed by atoms with Crippen LogP contribution in [0.2, 0.25) is 0 Å². The average Bonchev–Trinajstić information content (AvgIpc) is 2.69. The van der Waals surface area contributed by atoms with E-state index in [4.69, 9.17) is 42.6 Å². The molecule has 0 N–H and O–H groups in total. The second kappa shape index (κ2) is 30.4. The summed E-state index contributed by atoms with van der Waals surface area (Å²) >= 11 is 0. The molecule has 0 amide bonds. The van der Waals surface area contributed by atoms with Gasteiger partial charge in [-0.3, -0.25) is 0 Å². The summed E-state index contributed by atoms with van der Waals surface area (Å²) in [6.45, 7) is 8.64. The number of ether oxygens (including phenoxy) is 9. The summed E-state index contributed by atoms with van der Waals surface area (Å²) in [5.41, 5.74) is 0. The second-order valence-corrected chi connectivity index (χ2v) is 5.03. The van der Waals surface area contributed by atoms with Crippen molar-refractivity contribution >= 4 is 0 Å². The Bertz CT molecular complexity index is 211.